The molecule has 0 unspecified atom stereocenters. The third-order valence-corrected chi connectivity index (χ3v) is 6.07. The van der Waals surface area contributed by atoms with Gasteiger partial charge in [0, 0.05) is 57.9 Å². The number of hydrogen-bond donors (Lipinski definition) is 0. The Morgan fingerprint density at radius 2 is 1.74 bits per heavy atom. The number of fused-ring (bicyclic) bond motifs is 1. The number of hydrogen-bond acceptors (Lipinski definition) is 4. The minimum absolute atomic E-state index is 0.626. The third-order valence-electron chi connectivity index (χ3n) is 5.22. The Bertz CT molecular complexity index is 960. The SMILES string of the molecule is Cc1nn(C)c2ncc(CN3CCN(Cc4cccc(Cl)c4Cl)CC3)cc12. The van der Waals surface area contributed by atoms with Crippen LogP contribution in [-0.2, 0) is 20.1 Å². The van der Waals surface area contributed by atoms with Crippen LogP contribution in [0.15, 0.2) is 30.5 Å². The first-order chi connectivity index (χ1) is 13.0. The monoisotopic (exact) mass is 403 g/mol. The molecular weight excluding hydrogens is 381 g/mol. The minimum atomic E-state index is 0.626. The molecular formula is C20H23Cl2N5. The average molecular weight is 404 g/mol. The van der Waals surface area contributed by atoms with Gasteiger partial charge in [0.05, 0.1) is 15.7 Å². The summed E-state index contributed by atoms with van der Waals surface area (Å²) in [5.41, 5.74) is 4.31. The fraction of sp³-hybridized carbons (Fsp3) is 0.400. The van der Waals surface area contributed by atoms with Crippen molar-refractivity contribution in [1.29, 1.82) is 0 Å². The number of aromatic nitrogens is 3. The molecule has 0 radical (unpaired) electrons. The lowest BCUT2D eigenvalue weighted by atomic mass is 10.1. The molecule has 0 amide bonds. The largest absolute Gasteiger partial charge is 0.296 e. The Balaban J connectivity index is 1.37. The maximum Gasteiger partial charge on any atom is 0.157 e. The lowest BCUT2D eigenvalue weighted by Crippen LogP contribution is -2.45. The van der Waals surface area contributed by atoms with Crippen LogP contribution in [0.25, 0.3) is 11.0 Å². The zero-order valence-corrected chi connectivity index (χ0v) is 17.1. The molecule has 4 rings (SSSR count). The highest BCUT2D eigenvalue weighted by atomic mass is 35.5. The minimum Gasteiger partial charge on any atom is -0.296 e. The standard InChI is InChI=1S/C20H23Cl2N5/c1-14-17-10-15(11-23-20(17)25(2)24-14)12-26-6-8-27(9-7-26)13-16-4-3-5-18(21)19(16)22/h3-5,10-11H,6-9,12-13H2,1-2H3. The van der Waals surface area contributed by atoms with E-state index in [0.29, 0.717) is 10.0 Å². The van der Waals surface area contributed by atoms with E-state index in [2.05, 4.69) is 32.0 Å². The average Bonchev–Trinajstić information content (AvgIpc) is 2.94. The molecule has 1 fully saturated rings. The van der Waals surface area contributed by atoms with Gasteiger partial charge < -0.3 is 0 Å². The topological polar surface area (TPSA) is 37.2 Å². The predicted molar refractivity (Wildman–Crippen MR) is 110 cm³/mol. The van der Waals surface area contributed by atoms with Gasteiger partial charge in [0.25, 0.3) is 0 Å². The molecule has 5 nitrogen and oxygen atoms in total. The lowest BCUT2D eigenvalue weighted by molar-refractivity contribution is 0.122. The smallest absolute Gasteiger partial charge is 0.157 e. The van der Waals surface area contributed by atoms with Crippen LogP contribution >= 0.6 is 23.2 Å². The van der Waals surface area contributed by atoms with Crippen LogP contribution in [0.2, 0.25) is 10.0 Å². The molecule has 7 heteroatoms. The molecule has 3 aromatic rings. The summed E-state index contributed by atoms with van der Waals surface area (Å²) in [4.78, 5) is 9.50. The van der Waals surface area contributed by atoms with Crippen molar-refractivity contribution in [2.45, 2.75) is 20.0 Å². The van der Waals surface area contributed by atoms with Gasteiger partial charge in [0.15, 0.2) is 5.65 Å². The zero-order chi connectivity index (χ0) is 19.0. The highest BCUT2D eigenvalue weighted by molar-refractivity contribution is 6.42. The Hall–Kier alpha value is -1.66. The summed E-state index contributed by atoms with van der Waals surface area (Å²) >= 11 is 12.5. The van der Waals surface area contributed by atoms with Gasteiger partial charge in [0.2, 0.25) is 0 Å². The second-order valence-electron chi connectivity index (χ2n) is 7.19. The van der Waals surface area contributed by atoms with E-state index in [-0.39, 0.29) is 0 Å². The van der Waals surface area contributed by atoms with E-state index in [9.17, 15) is 0 Å². The zero-order valence-electron chi connectivity index (χ0n) is 15.6. The Kier molecular flexibility index (Phi) is 5.37. The molecule has 1 aromatic carbocycles. The quantitative estimate of drug-likeness (QED) is 0.661. The van der Waals surface area contributed by atoms with Crippen molar-refractivity contribution in [3.05, 3.63) is 57.3 Å². The molecule has 3 heterocycles. The van der Waals surface area contributed by atoms with Gasteiger partial charge in [-0.05, 0) is 30.2 Å². The Morgan fingerprint density at radius 3 is 2.48 bits per heavy atom. The molecule has 0 bridgehead atoms. The summed E-state index contributed by atoms with van der Waals surface area (Å²) in [6.45, 7) is 7.89. The van der Waals surface area contributed by atoms with E-state index >= 15 is 0 Å². The van der Waals surface area contributed by atoms with Crippen LogP contribution < -0.4 is 0 Å². The first-order valence-corrected chi connectivity index (χ1v) is 9.92. The van der Waals surface area contributed by atoms with E-state index in [0.717, 1.165) is 61.6 Å². The van der Waals surface area contributed by atoms with Crippen LogP contribution in [0.4, 0.5) is 0 Å². The molecule has 0 aliphatic carbocycles. The number of rotatable bonds is 4. The summed E-state index contributed by atoms with van der Waals surface area (Å²) in [7, 11) is 1.94. The molecule has 0 atom stereocenters. The molecule has 1 saturated heterocycles. The van der Waals surface area contributed by atoms with Gasteiger partial charge in [-0.25, -0.2) is 4.98 Å². The molecule has 27 heavy (non-hydrogen) atoms. The molecule has 2 aromatic heterocycles. The van der Waals surface area contributed by atoms with E-state index in [1.54, 1.807) is 0 Å². The van der Waals surface area contributed by atoms with Gasteiger partial charge in [-0.1, -0.05) is 35.3 Å². The molecule has 0 N–H and O–H groups in total. The van der Waals surface area contributed by atoms with E-state index in [1.165, 1.54) is 5.56 Å². The summed E-state index contributed by atoms with van der Waals surface area (Å²) in [5.74, 6) is 0. The Labute approximate surface area is 169 Å². The van der Waals surface area contributed by atoms with Crippen LogP contribution in [0.1, 0.15) is 16.8 Å². The van der Waals surface area contributed by atoms with Gasteiger partial charge in [-0.15, -0.1) is 0 Å². The maximum absolute atomic E-state index is 6.33. The number of nitrogens with zero attached hydrogens (tertiary/aromatic N) is 5. The van der Waals surface area contributed by atoms with Crippen LogP contribution in [-0.4, -0.2) is 50.7 Å². The first-order valence-electron chi connectivity index (χ1n) is 9.17. The molecule has 142 valence electrons. The molecule has 0 saturated carbocycles. The van der Waals surface area contributed by atoms with Gasteiger partial charge in [-0.3, -0.25) is 14.5 Å². The van der Waals surface area contributed by atoms with Crippen molar-refractivity contribution < 1.29 is 0 Å². The lowest BCUT2D eigenvalue weighted by Gasteiger charge is -2.34. The highest BCUT2D eigenvalue weighted by Crippen LogP contribution is 2.27. The second kappa shape index (κ2) is 7.76. The van der Waals surface area contributed by atoms with Crippen molar-refractivity contribution >= 4 is 34.2 Å². The summed E-state index contributed by atoms with van der Waals surface area (Å²) in [6, 6.07) is 8.07. The fourth-order valence-corrected chi connectivity index (χ4v) is 4.09. The van der Waals surface area contributed by atoms with Gasteiger partial charge >= 0.3 is 0 Å². The summed E-state index contributed by atoms with van der Waals surface area (Å²) in [5, 5.41) is 6.90. The summed E-state index contributed by atoms with van der Waals surface area (Å²) in [6.07, 6.45) is 1.97. The van der Waals surface area contributed by atoms with Gasteiger partial charge in [0.1, 0.15) is 0 Å². The molecule has 1 aliphatic heterocycles. The maximum atomic E-state index is 6.33. The number of benzene rings is 1. The van der Waals surface area contributed by atoms with Crippen LogP contribution in [0, 0.1) is 6.92 Å². The number of piperazine rings is 1. The van der Waals surface area contributed by atoms with Crippen molar-refractivity contribution in [1.82, 2.24) is 24.6 Å². The highest BCUT2D eigenvalue weighted by Gasteiger charge is 2.19. The number of pyridine rings is 1. The van der Waals surface area contributed by atoms with Crippen molar-refractivity contribution in [3.63, 3.8) is 0 Å². The van der Waals surface area contributed by atoms with E-state index < -0.39 is 0 Å². The van der Waals surface area contributed by atoms with Crippen LogP contribution in [0.5, 0.6) is 0 Å². The van der Waals surface area contributed by atoms with Crippen molar-refractivity contribution in [2.75, 3.05) is 26.2 Å². The van der Waals surface area contributed by atoms with E-state index in [1.807, 2.05) is 37.0 Å². The van der Waals surface area contributed by atoms with Crippen molar-refractivity contribution in [3.8, 4) is 0 Å². The first kappa shape index (κ1) is 18.7. The number of aryl methyl sites for hydroxylation is 2. The fourth-order valence-electron chi connectivity index (χ4n) is 3.71. The van der Waals surface area contributed by atoms with Crippen molar-refractivity contribution in [2.24, 2.45) is 7.05 Å². The van der Waals surface area contributed by atoms with Crippen LogP contribution in [0.3, 0.4) is 0 Å². The second-order valence-corrected chi connectivity index (χ2v) is 7.97. The molecule has 0 spiro atoms. The normalized spacial score (nSPS) is 16.3. The van der Waals surface area contributed by atoms with E-state index in [4.69, 9.17) is 23.2 Å². The predicted octanol–water partition coefficient (Wildman–Crippen LogP) is 3.90. The third kappa shape index (κ3) is 3.97. The Morgan fingerprint density at radius 1 is 1.04 bits per heavy atom. The molecule has 1 aliphatic rings. The number of halogens is 2. The van der Waals surface area contributed by atoms with Gasteiger partial charge in [-0.2, -0.15) is 5.10 Å². The summed E-state index contributed by atoms with van der Waals surface area (Å²) < 4.78 is 1.84.